The van der Waals surface area contributed by atoms with Crippen molar-refractivity contribution in [1.29, 1.82) is 0 Å². The minimum Gasteiger partial charge on any atom is -0.437 e. The Morgan fingerprint density at radius 2 is 1.71 bits per heavy atom. The van der Waals surface area contributed by atoms with E-state index >= 15 is 0 Å². The van der Waals surface area contributed by atoms with Crippen LogP contribution in [-0.2, 0) is 20.0 Å². The SMILES string of the molecule is CS(=O)(=O)[N-]S(C)(=O)=O.c1n[nH]c[nH+]1. The molecule has 0 aliphatic rings. The van der Waals surface area contributed by atoms with Crippen LogP contribution in [0.25, 0.3) is 4.13 Å². The van der Waals surface area contributed by atoms with E-state index in [1.54, 1.807) is 12.7 Å². The Kier molecular flexibility index (Phi) is 4.67. The fourth-order valence-electron chi connectivity index (χ4n) is 0.432. The lowest BCUT2D eigenvalue weighted by Gasteiger charge is -2.11. The molecule has 14 heavy (non-hydrogen) atoms. The number of aromatic amines is 2. The van der Waals surface area contributed by atoms with Crippen molar-refractivity contribution in [2.45, 2.75) is 0 Å². The van der Waals surface area contributed by atoms with Gasteiger partial charge >= 0.3 is 0 Å². The molecule has 0 saturated carbocycles. The molecule has 0 fully saturated rings. The van der Waals surface area contributed by atoms with Crippen LogP contribution in [-0.4, -0.2) is 39.5 Å². The Labute approximate surface area is 81.9 Å². The second-order valence-electron chi connectivity index (χ2n) is 2.24. The number of sulfonamides is 2. The van der Waals surface area contributed by atoms with E-state index in [9.17, 15) is 16.8 Å². The summed E-state index contributed by atoms with van der Waals surface area (Å²) in [6, 6.07) is 0. The highest BCUT2D eigenvalue weighted by Crippen LogP contribution is 2.03. The minimum absolute atomic E-state index is 0.716. The van der Waals surface area contributed by atoms with Crippen molar-refractivity contribution in [2.75, 3.05) is 12.5 Å². The first-order chi connectivity index (χ1) is 6.21. The maximum absolute atomic E-state index is 10.1. The second kappa shape index (κ2) is 5.02. The molecule has 2 N–H and O–H groups in total. The Balaban J connectivity index is 0.000000280. The van der Waals surface area contributed by atoms with Gasteiger partial charge in [-0.1, -0.05) is 0 Å². The number of hydrogen-bond donors (Lipinski definition) is 1. The summed E-state index contributed by atoms with van der Waals surface area (Å²) in [6.45, 7) is 0. The van der Waals surface area contributed by atoms with Crippen LogP contribution in [0.3, 0.4) is 0 Å². The van der Waals surface area contributed by atoms with Gasteiger partial charge in [0.2, 0.25) is 6.33 Å². The first-order valence-electron chi connectivity index (χ1n) is 3.20. The quantitative estimate of drug-likeness (QED) is 0.675. The molecule has 0 amide bonds. The topological polar surface area (TPSA) is 125 Å². The highest BCUT2D eigenvalue weighted by atomic mass is 32.3. The van der Waals surface area contributed by atoms with E-state index in [4.69, 9.17) is 0 Å². The number of nitrogens with one attached hydrogen (secondary N) is 2. The van der Waals surface area contributed by atoms with Crippen molar-refractivity contribution in [3.05, 3.63) is 16.8 Å². The lowest BCUT2D eigenvalue weighted by Crippen LogP contribution is -2.01. The molecular weight excluding hydrogens is 232 g/mol. The Bertz CT molecular complexity index is 386. The molecule has 0 atom stereocenters. The molecule has 0 aromatic carbocycles. The smallest absolute Gasteiger partial charge is 0.262 e. The summed E-state index contributed by atoms with van der Waals surface area (Å²) in [5.74, 6) is 0. The van der Waals surface area contributed by atoms with Crippen LogP contribution in [0.5, 0.6) is 0 Å². The summed E-state index contributed by atoms with van der Waals surface area (Å²) in [5, 5.41) is 6.10. The van der Waals surface area contributed by atoms with E-state index in [0.29, 0.717) is 12.5 Å². The van der Waals surface area contributed by atoms with Gasteiger partial charge in [-0.15, -0.1) is 5.10 Å². The molecule has 10 heteroatoms. The number of H-pyrrole nitrogens is 2. The second-order valence-corrected chi connectivity index (χ2v) is 5.77. The summed E-state index contributed by atoms with van der Waals surface area (Å²) in [5.41, 5.74) is 0. The summed E-state index contributed by atoms with van der Waals surface area (Å²) in [4.78, 5) is 2.69. The van der Waals surface area contributed by atoms with Crippen LogP contribution in [0.15, 0.2) is 12.7 Å². The zero-order valence-electron chi connectivity index (χ0n) is 7.50. The van der Waals surface area contributed by atoms with Gasteiger partial charge in [0.1, 0.15) is 0 Å². The van der Waals surface area contributed by atoms with Crippen molar-refractivity contribution >= 4 is 20.0 Å². The molecule has 1 rings (SSSR count). The van der Waals surface area contributed by atoms with Crippen LogP contribution in [0.4, 0.5) is 0 Å². The first kappa shape index (κ1) is 13.0. The molecular formula is C4H10N4O4S2. The van der Waals surface area contributed by atoms with Crippen molar-refractivity contribution < 1.29 is 21.8 Å². The van der Waals surface area contributed by atoms with E-state index in [-0.39, 0.29) is 0 Å². The lowest BCUT2D eigenvalue weighted by molar-refractivity contribution is -0.377. The monoisotopic (exact) mass is 242 g/mol. The molecule has 0 radical (unpaired) electrons. The summed E-state index contributed by atoms with van der Waals surface area (Å²) < 4.78 is 42.9. The molecule has 1 heterocycles. The normalized spacial score (nSPS) is 11.6. The number of rotatable bonds is 2. The van der Waals surface area contributed by atoms with E-state index < -0.39 is 20.0 Å². The average Bonchev–Trinajstić information content (AvgIpc) is 2.29. The van der Waals surface area contributed by atoms with Crippen LogP contribution in [0.2, 0.25) is 0 Å². The molecule has 0 aliphatic carbocycles. The van der Waals surface area contributed by atoms with E-state index in [2.05, 4.69) is 19.3 Å². The van der Waals surface area contributed by atoms with Crippen molar-refractivity contribution in [1.82, 2.24) is 10.2 Å². The Morgan fingerprint density at radius 3 is 1.79 bits per heavy atom. The molecule has 0 unspecified atom stereocenters. The lowest BCUT2D eigenvalue weighted by atomic mass is 11.3. The molecule has 0 bridgehead atoms. The van der Waals surface area contributed by atoms with E-state index in [1.165, 1.54) is 0 Å². The summed E-state index contributed by atoms with van der Waals surface area (Å²) in [6.07, 6.45) is 4.64. The molecule has 82 valence electrons. The molecule has 8 nitrogen and oxygen atoms in total. The van der Waals surface area contributed by atoms with Crippen LogP contribution in [0.1, 0.15) is 0 Å². The van der Waals surface area contributed by atoms with E-state index in [1.807, 2.05) is 0 Å². The van der Waals surface area contributed by atoms with Crippen LogP contribution >= 0.6 is 0 Å². The highest BCUT2D eigenvalue weighted by Gasteiger charge is 1.92. The van der Waals surface area contributed by atoms with Gasteiger partial charge in [-0.3, -0.25) is 4.98 Å². The zero-order chi connectivity index (χ0) is 11.2. The predicted octanol–water partition coefficient (Wildman–Crippen LogP) is -1.50. The van der Waals surface area contributed by atoms with Crippen molar-refractivity contribution in [3.8, 4) is 0 Å². The first-order valence-corrected chi connectivity index (χ1v) is 6.89. The number of nitrogens with zero attached hydrogens (tertiary/aromatic N) is 2. The zero-order valence-corrected chi connectivity index (χ0v) is 9.13. The highest BCUT2D eigenvalue weighted by molar-refractivity contribution is 8.11. The minimum atomic E-state index is -3.74. The van der Waals surface area contributed by atoms with Gasteiger partial charge in [0.05, 0.1) is 20.0 Å². The van der Waals surface area contributed by atoms with Gasteiger partial charge in [0.15, 0.2) is 0 Å². The van der Waals surface area contributed by atoms with E-state index in [0.717, 1.165) is 0 Å². The van der Waals surface area contributed by atoms with Gasteiger partial charge in [-0.25, -0.2) is 16.8 Å². The maximum Gasteiger partial charge on any atom is 0.262 e. The largest absolute Gasteiger partial charge is 0.437 e. The van der Waals surface area contributed by atoms with Gasteiger partial charge < -0.3 is 4.13 Å². The third-order valence-corrected chi connectivity index (χ3v) is 2.80. The standard InChI is InChI=1S/C2H3N3.C2H6NO4S2/c1-3-2-5-4-1;1-8(4,5)3-9(2,6)7/h1-2H,(H,3,4,5);1-2H3/q;-1/p+1. The predicted molar refractivity (Wildman–Crippen MR) is 48.2 cm³/mol. The molecule has 0 saturated heterocycles. The summed E-state index contributed by atoms with van der Waals surface area (Å²) in [7, 11) is -7.49. The van der Waals surface area contributed by atoms with Crippen molar-refractivity contribution in [2.24, 2.45) is 0 Å². The Hall–Kier alpha value is -1.00. The van der Waals surface area contributed by atoms with Crippen LogP contribution < -0.4 is 4.98 Å². The van der Waals surface area contributed by atoms with Gasteiger partial charge in [-0.2, -0.15) is 0 Å². The van der Waals surface area contributed by atoms with Gasteiger partial charge in [0, 0.05) is 17.6 Å². The molecule has 1 aromatic heterocycles. The number of aromatic nitrogens is 3. The van der Waals surface area contributed by atoms with Crippen LogP contribution in [0, 0.1) is 0 Å². The molecule has 0 aliphatic heterocycles. The third kappa shape index (κ3) is 11.0. The van der Waals surface area contributed by atoms with Crippen molar-refractivity contribution in [3.63, 3.8) is 0 Å². The molecule has 0 spiro atoms. The van der Waals surface area contributed by atoms with Gasteiger partial charge in [0.25, 0.3) is 6.33 Å². The molecule has 1 aromatic rings. The third-order valence-electron chi connectivity index (χ3n) is 0.632. The maximum atomic E-state index is 10.1. The average molecular weight is 242 g/mol. The summed E-state index contributed by atoms with van der Waals surface area (Å²) >= 11 is 0. The fraction of sp³-hybridized carbons (Fsp3) is 0.500. The Morgan fingerprint density at radius 1 is 1.21 bits per heavy atom. The van der Waals surface area contributed by atoms with Gasteiger partial charge in [-0.05, 0) is 0 Å². The number of hydrogen-bond acceptors (Lipinski definition) is 5. The fourth-order valence-corrected chi connectivity index (χ4v) is 2.40.